The van der Waals surface area contributed by atoms with Crippen LogP contribution in [0.4, 0.5) is 5.82 Å². The third kappa shape index (κ3) is 4.95. The smallest absolute Gasteiger partial charge is 0.194 e. The van der Waals surface area contributed by atoms with Crippen molar-refractivity contribution in [1.29, 1.82) is 0 Å². The summed E-state index contributed by atoms with van der Waals surface area (Å²) >= 11 is 0. The molecule has 0 aromatic carbocycles. The first-order valence-corrected chi connectivity index (χ1v) is 11.2. The van der Waals surface area contributed by atoms with Crippen LogP contribution >= 0.6 is 0 Å². The number of guanidine groups is 1. The maximum absolute atomic E-state index is 6.00. The van der Waals surface area contributed by atoms with Crippen molar-refractivity contribution in [2.24, 2.45) is 4.99 Å². The molecule has 0 radical (unpaired) electrons. The molecule has 30 heavy (non-hydrogen) atoms. The summed E-state index contributed by atoms with van der Waals surface area (Å²) in [6.07, 6.45) is 4.38. The van der Waals surface area contributed by atoms with Crippen LogP contribution < -0.4 is 10.2 Å². The molecule has 0 saturated carbocycles. The van der Waals surface area contributed by atoms with Crippen molar-refractivity contribution in [3.05, 3.63) is 48.0 Å². The van der Waals surface area contributed by atoms with Gasteiger partial charge in [0.25, 0.3) is 0 Å². The summed E-state index contributed by atoms with van der Waals surface area (Å²) in [7, 11) is 0. The zero-order valence-corrected chi connectivity index (χ0v) is 18.3. The van der Waals surface area contributed by atoms with Crippen molar-refractivity contribution < 1.29 is 4.42 Å². The van der Waals surface area contributed by atoms with Crippen LogP contribution in [0.2, 0.25) is 0 Å². The molecule has 0 amide bonds. The van der Waals surface area contributed by atoms with E-state index in [1.54, 1.807) is 0 Å². The lowest BCUT2D eigenvalue weighted by Gasteiger charge is -2.37. The predicted octanol–water partition coefficient (Wildman–Crippen LogP) is 2.91. The molecule has 1 unspecified atom stereocenters. The molecule has 2 aromatic rings. The van der Waals surface area contributed by atoms with E-state index in [1.165, 1.54) is 12.8 Å². The van der Waals surface area contributed by atoms with Crippen LogP contribution in [0.5, 0.6) is 0 Å². The predicted molar refractivity (Wildman–Crippen MR) is 121 cm³/mol. The first kappa shape index (κ1) is 20.7. The molecule has 1 atom stereocenters. The maximum atomic E-state index is 6.00. The van der Waals surface area contributed by atoms with Gasteiger partial charge in [0.15, 0.2) is 5.96 Å². The largest absolute Gasteiger partial charge is 0.465 e. The van der Waals surface area contributed by atoms with Gasteiger partial charge in [-0.05, 0) is 64.0 Å². The molecule has 1 N–H and O–H groups in total. The van der Waals surface area contributed by atoms with Crippen LogP contribution in [-0.4, -0.2) is 73.1 Å². The van der Waals surface area contributed by atoms with E-state index in [-0.39, 0.29) is 6.04 Å². The molecule has 7 heteroatoms. The quantitative estimate of drug-likeness (QED) is 0.584. The van der Waals surface area contributed by atoms with Crippen LogP contribution in [0.1, 0.15) is 37.3 Å². The number of furan rings is 1. The normalized spacial score (nSPS) is 19.3. The Labute approximate surface area is 179 Å². The van der Waals surface area contributed by atoms with Gasteiger partial charge >= 0.3 is 0 Å². The third-order valence-corrected chi connectivity index (χ3v) is 5.97. The number of nitrogens with zero attached hydrogens (tertiary/aromatic N) is 5. The van der Waals surface area contributed by atoms with Gasteiger partial charge in [-0.25, -0.2) is 4.98 Å². The molecule has 2 aliphatic heterocycles. The van der Waals surface area contributed by atoms with Gasteiger partial charge in [-0.3, -0.25) is 9.89 Å². The summed E-state index contributed by atoms with van der Waals surface area (Å²) < 4.78 is 6.00. The van der Waals surface area contributed by atoms with Crippen molar-refractivity contribution in [2.75, 3.05) is 57.3 Å². The Morgan fingerprint density at radius 3 is 2.53 bits per heavy atom. The molecule has 0 spiro atoms. The van der Waals surface area contributed by atoms with Gasteiger partial charge in [0, 0.05) is 38.9 Å². The second kappa shape index (κ2) is 9.98. The second-order valence-corrected chi connectivity index (χ2v) is 8.06. The second-order valence-electron chi connectivity index (χ2n) is 8.06. The molecular formula is C23H34N6O. The number of rotatable bonds is 6. The number of aryl methyl sites for hydroxylation is 1. The fraction of sp³-hybridized carbons (Fsp3) is 0.565. The highest BCUT2D eigenvalue weighted by molar-refractivity contribution is 5.80. The molecule has 2 aromatic heterocycles. The minimum Gasteiger partial charge on any atom is -0.465 e. The van der Waals surface area contributed by atoms with Crippen molar-refractivity contribution in [2.45, 2.75) is 32.7 Å². The molecule has 2 aliphatic rings. The summed E-state index contributed by atoms with van der Waals surface area (Å²) in [4.78, 5) is 16.8. The minimum atomic E-state index is 0.213. The molecule has 2 saturated heterocycles. The summed E-state index contributed by atoms with van der Waals surface area (Å²) in [6.45, 7) is 11.8. The van der Waals surface area contributed by atoms with Gasteiger partial charge in [0.1, 0.15) is 17.3 Å². The van der Waals surface area contributed by atoms with Gasteiger partial charge in [-0.1, -0.05) is 6.07 Å². The first-order chi connectivity index (χ1) is 14.7. The Kier molecular flexibility index (Phi) is 6.89. The van der Waals surface area contributed by atoms with E-state index in [9.17, 15) is 0 Å². The number of piperazine rings is 1. The lowest BCUT2D eigenvalue weighted by molar-refractivity contribution is 0.218. The number of aromatic nitrogens is 1. The summed E-state index contributed by atoms with van der Waals surface area (Å²) in [5.41, 5.74) is 0. The van der Waals surface area contributed by atoms with Crippen molar-refractivity contribution in [3.63, 3.8) is 0 Å². The van der Waals surface area contributed by atoms with E-state index < -0.39 is 0 Å². The van der Waals surface area contributed by atoms with Gasteiger partial charge in [0.05, 0.1) is 12.6 Å². The highest BCUT2D eigenvalue weighted by Gasteiger charge is 2.27. The maximum Gasteiger partial charge on any atom is 0.194 e. The minimum absolute atomic E-state index is 0.213. The molecule has 2 fully saturated rings. The molecule has 4 heterocycles. The molecule has 4 rings (SSSR count). The number of hydrogen-bond donors (Lipinski definition) is 1. The Balaban J connectivity index is 1.43. The SMILES string of the molecule is CCNC(=NCC(c1ccc(C)o1)N1CCCC1)N1CCN(c2ccccn2)CC1. The lowest BCUT2D eigenvalue weighted by atomic mass is 10.2. The number of aliphatic imine (C=N–C) groups is 1. The molecule has 7 nitrogen and oxygen atoms in total. The first-order valence-electron chi connectivity index (χ1n) is 11.2. The highest BCUT2D eigenvalue weighted by atomic mass is 16.3. The van der Waals surface area contributed by atoms with Crippen LogP contribution in [0, 0.1) is 6.92 Å². The Bertz CT molecular complexity index is 806. The lowest BCUT2D eigenvalue weighted by Crippen LogP contribution is -2.53. The van der Waals surface area contributed by atoms with E-state index in [4.69, 9.17) is 9.41 Å². The number of anilines is 1. The Morgan fingerprint density at radius 1 is 1.10 bits per heavy atom. The summed E-state index contributed by atoms with van der Waals surface area (Å²) in [5, 5.41) is 3.50. The Morgan fingerprint density at radius 2 is 1.90 bits per heavy atom. The zero-order chi connectivity index (χ0) is 20.8. The van der Waals surface area contributed by atoms with E-state index >= 15 is 0 Å². The average Bonchev–Trinajstić information content (AvgIpc) is 3.46. The fourth-order valence-corrected chi connectivity index (χ4v) is 4.36. The number of pyridine rings is 1. The third-order valence-electron chi connectivity index (χ3n) is 5.97. The van der Waals surface area contributed by atoms with Gasteiger partial charge in [-0.2, -0.15) is 0 Å². The van der Waals surface area contributed by atoms with Gasteiger partial charge < -0.3 is 19.5 Å². The number of likely N-dealkylation sites (tertiary alicyclic amines) is 1. The topological polar surface area (TPSA) is 60.1 Å². The van der Waals surface area contributed by atoms with E-state index in [0.717, 1.165) is 75.7 Å². The van der Waals surface area contributed by atoms with E-state index in [2.05, 4.69) is 56.2 Å². The van der Waals surface area contributed by atoms with Crippen LogP contribution in [0.3, 0.4) is 0 Å². The van der Waals surface area contributed by atoms with Crippen LogP contribution in [-0.2, 0) is 0 Å². The molecule has 0 bridgehead atoms. The van der Waals surface area contributed by atoms with E-state index in [0.29, 0.717) is 0 Å². The molecule has 0 aliphatic carbocycles. The monoisotopic (exact) mass is 410 g/mol. The average molecular weight is 411 g/mol. The zero-order valence-electron chi connectivity index (χ0n) is 18.3. The van der Waals surface area contributed by atoms with Crippen molar-refractivity contribution in [1.82, 2.24) is 20.1 Å². The molecule has 162 valence electrons. The van der Waals surface area contributed by atoms with Crippen LogP contribution in [0.15, 0.2) is 45.9 Å². The van der Waals surface area contributed by atoms with Crippen molar-refractivity contribution in [3.8, 4) is 0 Å². The van der Waals surface area contributed by atoms with Gasteiger partial charge in [0.2, 0.25) is 0 Å². The Hall–Kier alpha value is -2.54. The number of nitrogens with one attached hydrogen (secondary N) is 1. The molecular weight excluding hydrogens is 376 g/mol. The summed E-state index contributed by atoms with van der Waals surface area (Å²) in [6, 6.07) is 10.5. The van der Waals surface area contributed by atoms with Crippen molar-refractivity contribution >= 4 is 11.8 Å². The fourth-order valence-electron chi connectivity index (χ4n) is 4.36. The standard InChI is InChI=1S/C23H34N6O/c1-3-24-23(29-16-14-28(15-17-29)22-8-4-5-11-25-22)26-18-20(27-12-6-7-13-27)21-10-9-19(2)30-21/h4-5,8-11,20H,3,6-7,12-18H2,1-2H3,(H,24,26). The van der Waals surface area contributed by atoms with E-state index in [1.807, 2.05) is 19.2 Å². The van der Waals surface area contributed by atoms with Gasteiger partial charge in [-0.15, -0.1) is 0 Å². The summed E-state index contributed by atoms with van der Waals surface area (Å²) in [5.74, 6) is 4.07. The number of hydrogen-bond acceptors (Lipinski definition) is 5. The highest BCUT2D eigenvalue weighted by Crippen LogP contribution is 2.27. The van der Waals surface area contributed by atoms with Crippen LogP contribution in [0.25, 0.3) is 0 Å².